The minimum absolute atomic E-state index is 0.0200. The van der Waals surface area contributed by atoms with Crippen molar-refractivity contribution in [2.45, 2.75) is 18.4 Å². The van der Waals surface area contributed by atoms with Crippen LogP contribution in [0.2, 0.25) is 0 Å². The van der Waals surface area contributed by atoms with E-state index < -0.39 is 16.0 Å². The lowest BCUT2D eigenvalue weighted by atomic mass is 10.1. The van der Waals surface area contributed by atoms with Crippen LogP contribution < -0.4 is 14.2 Å². The zero-order valence-corrected chi connectivity index (χ0v) is 23.9. The van der Waals surface area contributed by atoms with E-state index in [1.165, 1.54) is 49.3 Å². The summed E-state index contributed by atoms with van der Waals surface area (Å²) in [7, 11) is -2.86. The van der Waals surface area contributed by atoms with Gasteiger partial charge in [-0.15, -0.1) is 0 Å². The molecule has 3 amide bonds. The number of benzene rings is 3. The molecule has 1 aliphatic rings. The highest BCUT2D eigenvalue weighted by atomic mass is 127. The van der Waals surface area contributed by atoms with E-state index in [1.807, 2.05) is 52.9 Å². The number of hydrogen-bond acceptors (Lipinski definition) is 8. The van der Waals surface area contributed by atoms with Crippen molar-refractivity contribution >= 4 is 73.3 Å². The standard InChI is InChI=1S/C26H21IN2O7S2/c1-16(30)28-19-8-10-20(11-9-19)38(33,34)36-24-21(27)12-18(13-22(24)35-2)14-23-25(31)29(26(32)37-23)15-17-6-4-3-5-7-17/h3-14H,15H2,1-2H3,(H,28,30)/b23-14-. The van der Waals surface area contributed by atoms with Gasteiger partial charge >= 0.3 is 10.1 Å². The van der Waals surface area contributed by atoms with Gasteiger partial charge in [-0.2, -0.15) is 8.42 Å². The van der Waals surface area contributed by atoms with Gasteiger partial charge in [-0.3, -0.25) is 19.3 Å². The summed E-state index contributed by atoms with van der Waals surface area (Å²) in [4.78, 5) is 37.9. The summed E-state index contributed by atoms with van der Waals surface area (Å²) in [5.74, 6) is -0.584. The molecule has 0 atom stereocenters. The first kappa shape index (κ1) is 27.7. The molecule has 0 radical (unpaired) electrons. The molecule has 4 rings (SSSR count). The molecule has 0 aliphatic carbocycles. The summed E-state index contributed by atoms with van der Waals surface area (Å²) in [5, 5.41) is 2.19. The molecular formula is C26H21IN2O7S2. The van der Waals surface area contributed by atoms with Gasteiger partial charge < -0.3 is 14.2 Å². The van der Waals surface area contributed by atoms with Crippen LogP contribution in [-0.4, -0.2) is 37.5 Å². The number of carbonyl (C=O) groups is 3. The fourth-order valence-electron chi connectivity index (χ4n) is 3.52. The Labute approximate surface area is 237 Å². The van der Waals surface area contributed by atoms with E-state index in [0.717, 1.165) is 17.3 Å². The molecule has 0 aromatic heterocycles. The number of hydrogen-bond donors (Lipinski definition) is 1. The number of thioether (sulfide) groups is 1. The summed E-state index contributed by atoms with van der Waals surface area (Å²) < 4.78 is 37.0. The van der Waals surface area contributed by atoms with E-state index in [0.29, 0.717) is 14.8 Å². The Morgan fingerprint density at radius 2 is 1.76 bits per heavy atom. The fraction of sp³-hybridized carbons (Fsp3) is 0.115. The summed E-state index contributed by atoms with van der Waals surface area (Å²) in [6.07, 6.45) is 1.56. The number of carbonyl (C=O) groups excluding carboxylic acids is 3. The molecule has 3 aromatic carbocycles. The monoisotopic (exact) mass is 664 g/mol. The fourth-order valence-corrected chi connectivity index (χ4v) is 6.20. The quantitative estimate of drug-likeness (QED) is 0.197. The number of anilines is 1. The van der Waals surface area contributed by atoms with Gasteiger partial charge in [0.1, 0.15) is 4.90 Å². The maximum Gasteiger partial charge on any atom is 0.339 e. The number of nitrogens with one attached hydrogen (secondary N) is 1. The van der Waals surface area contributed by atoms with Gasteiger partial charge in [-0.25, -0.2) is 0 Å². The van der Waals surface area contributed by atoms with Crippen molar-refractivity contribution in [2.24, 2.45) is 0 Å². The van der Waals surface area contributed by atoms with Gasteiger partial charge in [0.15, 0.2) is 11.5 Å². The lowest BCUT2D eigenvalue weighted by Crippen LogP contribution is -2.27. The summed E-state index contributed by atoms with van der Waals surface area (Å²) in [6, 6.07) is 17.9. The molecule has 12 heteroatoms. The minimum Gasteiger partial charge on any atom is -0.493 e. The van der Waals surface area contributed by atoms with Crippen molar-refractivity contribution in [3.05, 3.63) is 86.3 Å². The Kier molecular flexibility index (Phi) is 8.43. The van der Waals surface area contributed by atoms with Gasteiger partial charge in [-0.1, -0.05) is 30.3 Å². The Hall–Kier alpha value is -3.36. The van der Waals surface area contributed by atoms with Gasteiger partial charge in [0.2, 0.25) is 5.91 Å². The second-order valence-electron chi connectivity index (χ2n) is 8.03. The average molecular weight is 664 g/mol. The lowest BCUT2D eigenvalue weighted by Gasteiger charge is -2.14. The van der Waals surface area contributed by atoms with E-state index in [2.05, 4.69) is 5.32 Å². The molecule has 1 heterocycles. The van der Waals surface area contributed by atoms with Gasteiger partial charge in [-0.05, 0) is 88.0 Å². The normalized spacial score (nSPS) is 14.6. The Balaban J connectivity index is 1.57. The van der Waals surface area contributed by atoms with Gasteiger partial charge in [0.25, 0.3) is 11.1 Å². The number of amides is 3. The van der Waals surface area contributed by atoms with Crippen LogP contribution in [0.25, 0.3) is 6.08 Å². The molecule has 0 spiro atoms. The first-order chi connectivity index (χ1) is 18.1. The number of nitrogens with zero attached hydrogens (tertiary/aromatic N) is 1. The number of rotatable bonds is 8. The minimum atomic E-state index is -4.22. The van der Waals surface area contributed by atoms with Crippen molar-refractivity contribution in [1.82, 2.24) is 4.90 Å². The maximum atomic E-state index is 12.9. The van der Waals surface area contributed by atoms with Crippen molar-refractivity contribution in [3.63, 3.8) is 0 Å². The van der Waals surface area contributed by atoms with E-state index in [1.54, 1.807) is 12.1 Å². The van der Waals surface area contributed by atoms with E-state index >= 15 is 0 Å². The summed E-state index contributed by atoms with van der Waals surface area (Å²) >= 11 is 2.75. The summed E-state index contributed by atoms with van der Waals surface area (Å²) in [5.41, 5.74) is 1.81. The van der Waals surface area contributed by atoms with E-state index in [-0.39, 0.29) is 39.0 Å². The van der Waals surface area contributed by atoms with E-state index in [9.17, 15) is 22.8 Å². The molecule has 1 saturated heterocycles. The average Bonchev–Trinajstić information content (AvgIpc) is 3.13. The predicted molar refractivity (Wildman–Crippen MR) is 152 cm³/mol. The van der Waals surface area contributed by atoms with Gasteiger partial charge in [0, 0.05) is 12.6 Å². The number of methoxy groups -OCH3 is 1. The summed E-state index contributed by atoms with van der Waals surface area (Å²) in [6.45, 7) is 1.52. The highest BCUT2D eigenvalue weighted by molar-refractivity contribution is 14.1. The van der Waals surface area contributed by atoms with E-state index in [4.69, 9.17) is 8.92 Å². The van der Waals surface area contributed by atoms with Crippen molar-refractivity contribution in [3.8, 4) is 11.5 Å². The third kappa shape index (κ3) is 6.37. The Morgan fingerprint density at radius 1 is 1.08 bits per heavy atom. The van der Waals surface area contributed by atoms with Crippen LogP contribution in [-0.2, 0) is 26.3 Å². The van der Waals surface area contributed by atoms with Crippen LogP contribution in [0.3, 0.4) is 0 Å². The van der Waals surface area contributed by atoms with Crippen LogP contribution in [0.1, 0.15) is 18.1 Å². The van der Waals surface area contributed by atoms with Crippen molar-refractivity contribution < 1.29 is 31.7 Å². The second kappa shape index (κ2) is 11.6. The SMILES string of the molecule is COc1cc(/C=C2\SC(=O)N(Cc3ccccc3)C2=O)cc(I)c1OS(=O)(=O)c1ccc(NC(C)=O)cc1. The molecule has 0 saturated carbocycles. The number of ether oxygens (including phenoxy) is 1. The molecule has 3 aromatic rings. The van der Waals surface area contributed by atoms with Crippen molar-refractivity contribution in [2.75, 3.05) is 12.4 Å². The highest BCUT2D eigenvalue weighted by Crippen LogP contribution is 2.39. The van der Waals surface area contributed by atoms with Crippen LogP contribution in [0, 0.1) is 3.57 Å². The molecular weight excluding hydrogens is 643 g/mol. The number of imide groups is 1. The molecule has 1 fully saturated rings. The largest absolute Gasteiger partial charge is 0.493 e. The zero-order valence-electron chi connectivity index (χ0n) is 20.1. The second-order valence-corrected chi connectivity index (χ2v) is 11.7. The first-order valence-electron chi connectivity index (χ1n) is 11.1. The van der Waals surface area contributed by atoms with Crippen molar-refractivity contribution in [1.29, 1.82) is 0 Å². The number of halogens is 1. The Morgan fingerprint density at radius 3 is 2.39 bits per heavy atom. The van der Waals surface area contributed by atoms with Gasteiger partial charge in [0.05, 0.1) is 22.1 Å². The molecule has 1 aliphatic heterocycles. The Bertz CT molecular complexity index is 1540. The predicted octanol–water partition coefficient (Wildman–Crippen LogP) is 5.26. The third-order valence-electron chi connectivity index (χ3n) is 5.26. The zero-order chi connectivity index (χ0) is 27.4. The molecule has 38 heavy (non-hydrogen) atoms. The third-order valence-corrected chi connectivity index (χ3v) is 8.21. The smallest absolute Gasteiger partial charge is 0.339 e. The molecule has 1 N–H and O–H groups in total. The first-order valence-corrected chi connectivity index (χ1v) is 14.4. The highest BCUT2D eigenvalue weighted by Gasteiger charge is 2.35. The maximum absolute atomic E-state index is 12.9. The molecule has 9 nitrogen and oxygen atoms in total. The molecule has 196 valence electrons. The van der Waals surface area contributed by atoms with Crippen LogP contribution in [0.5, 0.6) is 11.5 Å². The molecule has 0 bridgehead atoms. The van der Waals surface area contributed by atoms with Crippen LogP contribution in [0.4, 0.5) is 10.5 Å². The lowest BCUT2D eigenvalue weighted by molar-refractivity contribution is -0.123. The van der Waals surface area contributed by atoms with Crippen LogP contribution in [0.15, 0.2) is 76.5 Å². The molecule has 0 unspecified atom stereocenters. The topological polar surface area (TPSA) is 119 Å². The van der Waals surface area contributed by atoms with Crippen LogP contribution >= 0.6 is 34.4 Å².